The molecular weight excluding hydrogens is 385 g/mol. The molecule has 1 atom stereocenters. The first-order chi connectivity index (χ1) is 13.2. The predicted octanol–water partition coefficient (Wildman–Crippen LogP) is 5.32. The highest BCUT2D eigenvalue weighted by Crippen LogP contribution is 2.37. The minimum Gasteiger partial charge on any atom is -0.338 e. The Kier molecular flexibility index (Phi) is 5.12. The highest BCUT2D eigenvalue weighted by Gasteiger charge is 2.18. The number of hydrogen-bond acceptors (Lipinski definition) is 8. The molecule has 136 valence electrons. The maximum Gasteiger partial charge on any atom is 0.240 e. The van der Waals surface area contributed by atoms with Crippen LogP contribution >= 0.6 is 23.1 Å². The molecule has 27 heavy (non-hydrogen) atoms. The van der Waals surface area contributed by atoms with E-state index < -0.39 is 0 Å². The van der Waals surface area contributed by atoms with Gasteiger partial charge in [-0.3, -0.25) is 0 Å². The van der Waals surface area contributed by atoms with Gasteiger partial charge in [0.25, 0.3) is 0 Å². The molecule has 0 aliphatic carbocycles. The maximum absolute atomic E-state index is 13.0. The van der Waals surface area contributed by atoms with Gasteiger partial charge >= 0.3 is 0 Å². The number of thioether (sulfide) groups is 1. The number of nitrogens with zero attached hydrogens (tertiary/aromatic N) is 4. The number of halogens is 1. The van der Waals surface area contributed by atoms with Crippen molar-refractivity contribution < 1.29 is 8.91 Å². The predicted molar refractivity (Wildman–Crippen MR) is 104 cm³/mol. The lowest BCUT2D eigenvalue weighted by Crippen LogP contribution is -1.89. The first-order valence-electron chi connectivity index (χ1n) is 8.09. The van der Waals surface area contributed by atoms with Gasteiger partial charge in [0.15, 0.2) is 4.34 Å². The van der Waals surface area contributed by atoms with Gasteiger partial charge in [0.2, 0.25) is 16.8 Å². The third-order valence-electron chi connectivity index (χ3n) is 3.60. The third-order valence-corrected chi connectivity index (χ3v) is 5.61. The summed E-state index contributed by atoms with van der Waals surface area (Å²) in [5, 5.41) is 16.0. The molecule has 6 nitrogen and oxygen atoms in total. The van der Waals surface area contributed by atoms with Gasteiger partial charge in [0.05, 0.1) is 5.25 Å². The largest absolute Gasteiger partial charge is 0.338 e. The fourth-order valence-electron chi connectivity index (χ4n) is 2.27. The van der Waals surface area contributed by atoms with Gasteiger partial charge in [0.1, 0.15) is 5.82 Å². The van der Waals surface area contributed by atoms with E-state index in [1.165, 1.54) is 35.2 Å². The number of rotatable bonds is 6. The molecule has 0 spiro atoms. The first-order valence-corrected chi connectivity index (χ1v) is 9.79. The topological polar surface area (TPSA) is 76.7 Å². The van der Waals surface area contributed by atoms with Gasteiger partial charge in [-0.25, -0.2) is 4.39 Å². The summed E-state index contributed by atoms with van der Waals surface area (Å²) in [4.78, 5) is 4.47. The SMILES string of the molecule is C[C@H](Sc1nnc(Nc2ccc(F)cc2)s1)c1nc(-c2ccccc2)no1. The van der Waals surface area contributed by atoms with Crippen molar-refractivity contribution >= 4 is 33.9 Å². The Hall–Kier alpha value is -2.78. The van der Waals surface area contributed by atoms with E-state index in [2.05, 4.69) is 25.7 Å². The van der Waals surface area contributed by atoms with Crippen LogP contribution in [0.5, 0.6) is 0 Å². The lowest BCUT2D eigenvalue weighted by atomic mass is 10.2. The van der Waals surface area contributed by atoms with Crippen molar-refractivity contribution in [2.24, 2.45) is 0 Å². The zero-order valence-electron chi connectivity index (χ0n) is 14.2. The molecule has 1 N–H and O–H groups in total. The second-order valence-corrected chi connectivity index (χ2v) is 8.15. The molecule has 0 fully saturated rings. The molecule has 4 rings (SSSR count). The third kappa shape index (κ3) is 4.32. The van der Waals surface area contributed by atoms with Crippen molar-refractivity contribution in [3.63, 3.8) is 0 Å². The molecule has 2 heterocycles. The molecule has 0 unspecified atom stereocenters. The van der Waals surface area contributed by atoms with Crippen molar-refractivity contribution in [2.45, 2.75) is 16.5 Å². The van der Waals surface area contributed by atoms with Crippen LogP contribution < -0.4 is 5.32 Å². The van der Waals surface area contributed by atoms with Crippen LogP contribution in [0.3, 0.4) is 0 Å². The Morgan fingerprint density at radius 1 is 1.07 bits per heavy atom. The normalized spacial score (nSPS) is 12.1. The molecule has 9 heteroatoms. The number of nitrogens with one attached hydrogen (secondary N) is 1. The number of hydrogen-bond donors (Lipinski definition) is 1. The minimum absolute atomic E-state index is 0.0680. The van der Waals surface area contributed by atoms with E-state index in [0.29, 0.717) is 16.8 Å². The molecule has 0 saturated carbocycles. The van der Waals surface area contributed by atoms with Gasteiger partial charge < -0.3 is 9.84 Å². The Bertz CT molecular complexity index is 1020. The summed E-state index contributed by atoms with van der Waals surface area (Å²) in [5.74, 6) is 0.813. The van der Waals surface area contributed by atoms with E-state index in [1.807, 2.05) is 37.3 Å². The second-order valence-electron chi connectivity index (χ2n) is 5.59. The molecule has 0 radical (unpaired) electrons. The van der Waals surface area contributed by atoms with Crippen LogP contribution in [0, 0.1) is 5.82 Å². The Labute approximate surface area is 162 Å². The van der Waals surface area contributed by atoms with Crippen LogP contribution in [0.4, 0.5) is 15.2 Å². The average molecular weight is 399 g/mol. The van der Waals surface area contributed by atoms with E-state index >= 15 is 0 Å². The van der Waals surface area contributed by atoms with Crippen molar-refractivity contribution in [1.29, 1.82) is 0 Å². The van der Waals surface area contributed by atoms with Crippen molar-refractivity contribution in [3.05, 3.63) is 66.3 Å². The Morgan fingerprint density at radius 3 is 2.63 bits per heavy atom. The van der Waals surface area contributed by atoms with Gasteiger partial charge in [-0.2, -0.15) is 4.98 Å². The summed E-state index contributed by atoms with van der Waals surface area (Å²) < 4.78 is 19.1. The van der Waals surface area contributed by atoms with E-state index in [4.69, 9.17) is 4.52 Å². The molecule has 2 aromatic heterocycles. The highest BCUT2D eigenvalue weighted by molar-refractivity contribution is 8.01. The van der Waals surface area contributed by atoms with Gasteiger partial charge in [-0.1, -0.05) is 58.6 Å². The molecule has 0 saturated heterocycles. The average Bonchev–Trinajstić information content (AvgIpc) is 3.34. The van der Waals surface area contributed by atoms with E-state index in [0.717, 1.165) is 15.6 Å². The second kappa shape index (κ2) is 7.85. The molecule has 4 aromatic rings. The first kappa shape index (κ1) is 17.6. The monoisotopic (exact) mass is 399 g/mol. The van der Waals surface area contributed by atoms with Crippen molar-refractivity contribution in [2.75, 3.05) is 5.32 Å². The summed E-state index contributed by atoms with van der Waals surface area (Å²) in [7, 11) is 0. The number of aromatic nitrogens is 4. The highest BCUT2D eigenvalue weighted by atomic mass is 32.2. The maximum atomic E-state index is 13.0. The van der Waals surface area contributed by atoms with Crippen LogP contribution in [0.25, 0.3) is 11.4 Å². The fourth-order valence-corrected chi connectivity index (χ4v) is 4.22. The fraction of sp³-hybridized carbons (Fsp3) is 0.111. The van der Waals surface area contributed by atoms with Crippen molar-refractivity contribution in [3.8, 4) is 11.4 Å². The molecule has 0 amide bonds. The van der Waals surface area contributed by atoms with Crippen LogP contribution in [-0.2, 0) is 0 Å². The molecule has 0 aliphatic rings. The number of benzene rings is 2. The van der Waals surface area contributed by atoms with Gasteiger partial charge in [-0.15, -0.1) is 10.2 Å². The lowest BCUT2D eigenvalue weighted by Gasteiger charge is -2.02. The van der Waals surface area contributed by atoms with Gasteiger partial charge in [0, 0.05) is 11.3 Å². The Balaban J connectivity index is 1.41. The minimum atomic E-state index is -0.280. The summed E-state index contributed by atoms with van der Waals surface area (Å²) in [6, 6.07) is 15.7. The summed E-state index contributed by atoms with van der Waals surface area (Å²) in [5.41, 5.74) is 1.66. The number of anilines is 2. The van der Waals surface area contributed by atoms with Crippen LogP contribution in [0.1, 0.15) is 18.1 Å². The standard InChI is InChI=1S/C18H14FN5OS2/c1-11(16-21-15(24-25-16)12-5-3-2-4-6-12)26-18-23-22-17(27-18)20-14-9-7-13(19)8-10-14/h2-11H,1H3,(H,20,22)/t11-/m0/s1. The lowest BCUT2D eigenvalue weighted by molar-refractivity contribution is 0.381. The van der Waals surface area contributed by atoms with Crippen LogP contribution in [0.2, 0.25) is 0 Å². The van der Waals surface area contributed by atoms with E-state index in [9.17, 15) is 4.39 Å². The van der Waals surface area contributed by atoms with E-state index in [-0.39, 0.29) is 11.1 Å². The molecule has 2 aromatic carbocycles. The van der Waals surface area contributed by atoms with Crippen molar-refractivity contribution in [1.82, 2.24) is 20.3 Å². The zero-order chi connectivity index (χ0) is 18.6. The summed E-state index contributed by atoms with van der Waals surface area (Å²) in [6.45, 7) is 1.97. The van der Waals surface area contributed by atoms with Gasteiger partial charge in [-0.05, 0) is 31.2 Å². The molecular formula is C18H14FN5OS2. The molecule has 0 bridgehead atoms. The smallest absolute Gasteiger partial charge is 0.240 e. The van der Waals surface area contributed by atoms with Crippen LogP contribution in [0.15, 0.2) is 63.5 Å². The molecule has 0 aliphatic heterocycles. The Morgan fingerprint density at radius 2 is 1.85 bits per heavy atom. The zero-order valence-corrected chi connectivity index (χ0v) is 15.8. The summed E-state index contributed by atoms with van der Waals surface area (Å²) in [6.07, 6.45) is 0. The summed E-state index contributed by atoms with van der Waals surface area (Å²) >= 11 is 2.89. The quantitative estimate of drug-likeness (QED) is 0.439. The van der Waals surface area contributed by atoms with Crippen LogP contribution in [-0.4, -0.2) is 20.3 Å². The van der Waals surface area contributed by atoms with E-state index in [1.54, 1.807) is 12.1 Å².